The minimum atomic E-state index is -3.72. The Kier molecular flexibility index (Phi) is 8.22. The fraction of sp³-hybridized carbons (Fsp3) is 0.409. The molecule has 0 aliphatic rings. The number of guanidine groups is 1. The molecule has 6 nitrogen and oxygen atoms in total. The smallest absolute Gasteiger partial charge is 0.238 e. The van der Waals surface area contributed by atoms with E-state index in [-0.39, 0.29) is 10.3 Å². The van der Waals surface area contributed by atoms with E-state index < -0.39 is 10.0 Å². The first-order chi connectivity index (χ1) is 13.8. The van der Waals surface area contributed by atoms with Gasteiger partial charge in [0.15, 0.2) is 5.96 Å². The van der Waals surface area contributed by atoms with Crippen molar-refractivity contribution in [1.29, 1.82) is 0 Å². The van der Waals surface area contributed by atoms with Gasteiger partial charge in [-0.15, -0.1) is 0 Å². The van der Waals surface area contributed by atoms with E-state index in [1.807, 2.05) is 19.1 Å². The van der Waals surface area contributed by atoms with Crippen LogP contribution in [0.3, 0.4) is 0 Å². The minimum Gasteiger partial charge on any atom is -0.357 e. The molecule has 7 heteroatoms. The van der Waals surface area contributed by atoms with Crippen LogP contribution < -0.4 is 15.8 Å². The Morgan fingerprint density at radius 3 is 2.28 bits per heavy atom. The summed E-state index contributed by atoms with van der Waals surface area (Å²) in [5.74, 6) is 0.704. The summed E-state index contributed by atoms with van der Waals surface area (Å²) in [6, 6.07) is 17.1. The van der Waals surface area contributed by atoms with E-state index in [0.717, 1.165) is 31.5 Å². The van der Waals surface area contributed by atoms with Gasteiger partial charge in [-0.05, 0) is 43.0 Å². The third-order valence-corrected chi connectivity index (χ3v) is 6.24. The van der Waals surface area contributed by atoms with Gasteiger partial charge >= 0.3 is 0 Å². The third kappa shape index (κ3) is 6.30. The van der Waals surface area contributed by atoms with Crippen LogP contribution in [0, 0.1) is 0 Å². The highest BCUT2D eigenvalue weighted by Crippen LogP contribution is 2.30. The predicted molar refractivity (Wildman–Crippen MR) is 119 cm³/mol. The van der Waals surface area contributed by atoms with Crippen molar-refractivity contribution in [2.45, 2.75) is 50.5 Å². The maximum Gasteiger partial charge on any atom is 0.238 e. The Morgan fingerprint density at radius 1 is 1.00 bits per heavy atom. The molecule has 4 N–H and O–H groups in total. The summed E-state index contributed by atoms with van der Waals surface area (Å²) in [4.78, 5) is 4.73. The summed E-state index contributed by atoms with van der Waals surface area (Å²) in [5.41, 5.74) is 2.12. The first-order valence-electron chi connectivity index (χ1n) is 10.0. The number of primary sulfonamides is 1. The normalized spacial score (nSPS) is 12.6. The van der Waals surface area contributed by atoms with E-state index in [4.69, 9.17) is 5.14 Å². The maximum atomic E-state index is 11.6. The quantitative estimate of drug-likeness (QED) is 0.432. The zero-order valence-corrected chi connectivity index (χ0v) is 18.3. The topological polar surface area (TPSA) is 96.6 Å². The molecule has 0 unspecified atom stereocenters. The molecule has 2 rings (SSSR count). The summed E-state index contributed by atoms with van der Waals surface area (Å²) in [6.07, 6.45) is 2.02. The van der Waals surface area contributed by atoms with Crippen LogP contribution in [0.2, 0.25) is 0 Å². The number of rotatable bonds is 9. The molecule has 0 radical (unpaired) electrons. The lowest BCUT2D eigenvalue weighted by atomic mass is 9.76. The van der Waals surface area contributed by atoms with Crippen molar-refractivity contribution in [3.8, 4) is 0 Å². The zero-order valence-electron chi connectivity index (χ0n) is 17.5. The van der Waals surface area contributed by atoms with Crippen LogP contribution in [0.25, 0.3) is 0 Å². The Morgan fingerprint density at radius 2 is 1.69 bits per heavy atom. The summed E-state index contributed by atoms with van der Waals surface area (Å²) in [7, 11) is -3.72. The molecule has 0 bridgehead atoms. The highest BCUT2D eigenvalue weighted by Gasteiger charge is 2.28. The SMILES string of the molecule is CCNC(=NCc1cccc(S(N)(=O)=O)c1)NCC(CC)(CC)c1ccccc1. The number of hydrogen-bond acceptors (Lipinski definition) is 3. The average molecular weight is 417 g/mol. The number of hydrogen-bond donors (Lipinski definition) is 3. The van der Waals surface area contributed by atoms with Crippen LogP contribution >= 0.6 is 0 Å². The first-order valence-corrected chi connectivity index (χ1v) is 11.6. The van der Waals surface area contributed by atoms with Crippen LogP contribution in [-0.4, -0.2) is 27.5 Å². The third-order valence-electron chi connectivity index (χ3n) is 5.32. The van der Waals surface area contributed by atoms with Crippen molar-refractivity contribution in [3.05, 3.63) is 65.7 Å². The van der Waals surface area contributed by atoms with E-state index in [1.165, 1.54) is 11.6 Å². The Hall–Kier alpha value is -2.38. The monoisotopic (exact) mass is 416 g/mol. The maximum absolute atomic E-state index is 11.6. The molecule has 0 aliphatic carbocycles. The second-order valence-corrected chi connectivity index (χ2v) is 8.66. The Balaban J connectivity index is 2.17. The van der Waals surface area contributed by atoms with Gasteiger partial charge in [0, 0.05) is 18.5 Å². The molecule has 0 atom stereocenters. The summed E-state index contributed by atoms with van der Waals surface area (Å²) >= 11 is 0. The van der Waals surface area contributed by atoms with Crippen molar-refractivity contribution in [3.63, 3.8) is 0 Å². The number of sulfonamides is 1. The minimum absolute atomic E-state index is 0.0188. The zero-order chi connectivity index (χ0) is 21.3. The van der Waals surface area contributed by atoms with Gasteiger partial charge in [0.2, 0.25) is 10.0 Å². The summed E-state index contributed by atoms with van der Waals surface area (Å²) < 4.78 is 23.1. The molecule has 2 aromatic carbocycles. The van der Waals surface area contributed by atoms with Gasteiger partial charge < -0.3 is 10.6 Å². The lowest BCUT2D eigenvalue weighted by Gasteiger charge is -2.33. The molecule has 0 heterocycles. The molecule has 29 heavy (non-hydrogen) atoms. The van der Waals surface area contributed by atoms with Crippen LogP contribution in [0.4, 0.5) is 0 Å². The lowest BCUT2D eigenvalue weighted by molar-refractivity contribution is 0.389. The Labute approximate surface area is 174 Å². The van der Waals surface area contributed by atoms with Crippen LogP contribution in [0.1, 0.15) is 44.7 Å². The fourth-order valence-electron chi connectivity index (χ4n) is 3.39. The lowest BCUT2D eigenvalue weighted by Crippen LogP contribution is -2.45. The molecule has 0 aliphatic heterocycles. The molecule has 0 spiro atoms. The highest BCUT2D eigenvalue weighted by molar-refractivity contribution is 7.89. The molecule has 2 aromatic rings. The second-order valence-electron chi connectivity index (χ2n) is 7.09. The number of nitrogens with two attached hydrogens (primary N) is 1. The summed E-state index contributed by atoms with van der Waals surface area (Å²) in [5, 5.41) is 12.0. The van der Waals surface area contributed by atoms with Gasteiger partial charge in [0.1, 0.15) is 0 Å². The number of benzene rings is 2. The van der Waals surface area contributed by atoms with Crippen LogP contribution in [-0.2, 0) is 22.0 Å². The summed E-state index contributed by atoms with van der Waals surface area (Å²) in [6.45, 7) is 8.28. The van der Waals surface area contributed by atoms with E-state index >= 15 is 0 Å². The fourth-order valence-corrected chi connectivity index (χ4v) is 3.97. The molecular formula is C22H32N4O2S. The van der Waals surface area contributed by atoms with Crippen LogP contribution in [0.15, 0.2) is 64.5 Å². The molecule has 0 amide bonds. The molecular weight excluding hydrogens is 384 g/mol. The van der Waals surface area contributed by atoms with Crippen molar-refractivity contribution >= 4 is 16.0 Å². The van der Waals surface area contributed by atoms with E-state index in [9.17, 15) is 8.42 Å². The van der Waals surface area contributed by atoms with Crippen molar-refractivity contribution in [2.24, 2.45) is 10.1 Å². The van der Waals surface area contributed by atoms with Crippen molar-refractivity contribution in [1.82, 2.24) is 10.6 Å². The Bertz CT molecular complexity index is 907. The van der Waals surface area contributed by atoms with E-state index in [0.29, 0.717) is 12.5 Å². The van der Waals surface area contributed by atoms with Crippen LogP contribution in [0.5, 0.6) is 0 Å². The number of aliphatic imine (C=N–C) groups is 1. The molecule has 0 aromatic heterocycles. The predicted octanol–water partition coefficient (Wildman–Crippen LogP) is 3.15. The molecule has 0 saturated heterocycles. The highest BCUT2D eigenvalue weighted by atomic mass is 32.2. The van der Waals surface area contributed by atoms with Gasteiger partial charge in [0.05, 0.1) is 11.4 Å². The molecule has 158 valence electrons. The van der Waals surface area contributed by atoms with Crippen molar-refractivity contribution < 1.29 is 8.42 Å². The van der Waals surface area contributed by atoms with Gasteiger partial charge in [-0.1, -0.05) is 56.3 Å². The molecule has 0 saturated carbocycles. The standard InChI is InChI=1S/C22H32N4O2S/c1-4-22(5-2,19-12-8-7-9-13-19)17-26-21(24-6-3)25-16-18-11-10-14-20(15-18)29(23,27)28/h7-15H,4-6,16-17H2,1-3H3,(H2,23,27,28)(H2,24,25,26). The first kappa shape index (κ1) is 22.9. The second kappa shape index (κ2) is 10.4. The average Bonchev–Trinajstić information content (AvgIpc) is 2.73. The van der Waals surface area contributed by atoms with Gasteiger partial charge in [-0.25, -0.2) is 18.5 Å². The van der Waals surface area contributed by atoms with E-state index in [2.05, 4.69) is 53.7 Å². The van der Waals surface area contributed by atoms with Gasteiger partial charge in [-0.3, -0.25) is 0 Å². The van der Waals surface area contributed by atoms with Gasteiger partial charge in [-0.2, -0.15) is 0 Å². The largest absolute Gasteiger partial charge is 0.357 e. The number of nitrogens with one attached hydrogen (secondary N) is 2. The number of nitrogens with zero attached hydrogens (tertiary/aromatic N) is 1. The molecule has 0 fully saturated rings. The van der Waals surface area contributed by atoms with Crippen molar-refractivity contribution in [2.75, 3.05) is 13.1 Å². The van der Waals surface area contributed by atoms with Gasteiger partial charge in [0.25, 0.3) is 0 Å². The van der Waals surface area contributed by atoms with E-state index in [1.54, 1.807) is 12.1 Å².